The highest BCUT2D eigenvalue weighted by molar-refractivity contribution is 7.47. The van der Waals surface area contributed by atoms with Gasteiger partial charge in [-0.1, -0.05) is 120 Å². The average molecular weight is 804 g/mol. The van der Waals surface area contributed by atoms with E-state index >= 15 is 0 Å². The van der Waals surface area contributed by atoms with Gasteiger partial charge in [0.2, 0.25) is 5.91 Å². The van der Waals surface area contributed by atoms with E-state index in [-0.39, 0.29) is 6.42 Å². The number of amides is 1. The van der Waals surface area contributed by atoms with Crippen molar-refractivity contribution in [2.45, 2.75) is 197 Å². The summed E-state index contributed by atoms with van der Waals surface area (Å²) in [4.78, 5) is 23.3. The normalized spacial score (nSPS) is 24.9. The van der Waals surface area contributed by atoms with Gasteiger partial charge in [0.15, 0.2) is 0 Å². The minimum Gasteiger partial charge on any atom is -0.393 e. The number of phosphoric acid groups is 1. The van der Waals surface area contributed by atoms with E-state index in [0.717, 1.165) is 70.6 Å². The third kappa shape index (κ3) is 23.9. The maximum Gasteiger partial charge on any atom is 0.472 e. The maximum atomic E-state index is 12.9. The number of hydrogen-bond acceptors (Lipinski definition) is 11. The second-order valence-electron chi connectivity index (χ2n) is 14.7. The molecular formula is C41H74NO12P. The molecule has 0 bridgehead atoms. The summed E-state index contributed by atoms with van der Waals surface area (Å²) in [6.45, 7) is 3.62. The van der Waals surface area contributed by atoms with E-state index in [1.54, 1.807) is 6.08 Å². The number of nitrogens with one attached hydrogen (secondary N) is 1. The summed E-state index contributed by atoms with van der Waals surface area (Å²) in [5.41, 5.74) is 0. The molecule has 0 radical (unpaired) electrons. The predicted molar refractivity (Wildman–Crippen MR) is 215 cm³/mol. The smallest absolute Gasteiger partial charge is 0.393 e. The summed E-state index contributed by atoms with van der Waals surface area (Å²) in [6.07, 6.45) is 20.8. The summed E-state index contributed by atoms with van der Waals surface area (Å²) >= 11 is 0. The van der Waals surface area contributed by atoms with Crippen molar-refractivity contribution < 1.29 is 59.0 Å². The van der Waals surface area contributed by atoms with E-state index < -0.39 is 75.2 Å². The zero-order valence-corrected chi connectivity index (χ0v) is 34.2. The molecule has 0 aromatic carbocycles. The SMILES string of the molecule is CCCCC/C=C\C/C=C\CCCCCCCC(O)CC(=O)NC(COP(=O)(O)OC1C(O)C(O)C(O)C(O)C1O)C(O)/C=C/CC/C=C/CCCCCC. The van der Waals surface area contributed by atoms with E-state index in [1.165, 1.54) is 44.6 Å². The quantitative estimate of drug-likeness (QED) is 0.0231. The fourth-order valence-corrected chi connectivity index (χ4v) is 7.13. The third-order valence-electron chi connectivity index (χ3n) is 9.64. The van der Waals surface area contributed by atoms with Crippen molar-refractivity contribution in [3.05, 3.63) is 48.6 Å². The maximum absolute atomic E-state index is 12.9. The van der Waals surface area contributed by atoms with Crippen LogP contribution in [0.2, 0.25) is 0 Å². The molecule has 0 heterocycles. The molecule has 1 amide bonds. The van der Waals surface area contributed by atoms with Crippen LogP contribution in [-0.4, -0.2) is 108 Å². The van der Waals surface area contributed by atoms with Gasteiger partial charge in [-0.2, -0.15) is 0 Å². The van der Waals surface area contributed by atoms with Gasteiger partial charge in [0.1, 0.15) is 36.6 Å². The van der Waals surface area contributed by atoms with E-state index in [4.69, 9.17) is 9.05 Å². The molecule has 1 saturated carbocycles. The second kappa shape index (κ2) is 31.3. The van der Waals surface area contributed by atoms with Crippen molar-refractivity contribution in [1.29, 1.82) is 0 Å². The Morgan fingerprint density at radius 3 is 1.75 bits per heavy atom. The van der Waals surface area contributed by atoms with Crippen molar-refractivity contribution in [3.63, 3.8) is 0 Å². The average Bonchev–Trinajstić information content (AvgIpc) is 3.15. The van der Waals surface area contributed by atoms with Crippen LogP contribution in [-0.2, 0) is 18.4 Å². The van der Waals surface area contributed by atoms with Gasteiger partial charge in [0, 0.05) is 0 Å². The summed E-state index contributed by atoms with van der Waals surface area (Å²) in [7, 11) is -5.14. The predicted octanol–water partition coefficient (Wildman–Crippen LogP) is 5.58. The first-order valence-electron chi connectivity index (χ1n) is 20.7. The molecule has 8 atom stereocenters. The van der Waals surface area contributed by atoms with Gasteiger partial charge in [0.05, 0.1) is 31.3 Å². The van der Waals surface area contributed by atoms with Crippen molar-refractivity contribution in [1.82, 2.24) is 5.32 Å². The molecule has 1 rings (SSSR count). The topological polar surface area (TPSA) is 226 Å². The minimum atomic E-state index is -5.14. The highest BCUT2D eigenvalue weighted by atomic mass is 31.2. The van der Waals surface area contributed by atoms with Crippen LogP contribution < -0.4 is 5.32 Å². The molecule has 8 unspecified atom stereocenters. The van der Waals surface area contributed by atoms with Crippen LogP contribution in [0.5, 0.6) is 0 Å². The Labute approximate surface area is 329 Å². The highest BCUT2D eigenvalue weighted by Gasteiger charge is 2.51. The number of unbranched alkanes of at least 4 members (excludes halogenated alkanes) is 13. The lowest BCUT2D eigenvalue weighted by atomic mass is 9.85. The summed E-state index contributed by atoms with van der Waals surface area (Å²) in [5.74, 6) is -0.616. The van der Waals surface area contributed by atoms with Gasteiger partial charge in [-0.15, -0.1) is 0 Å². The van der Waals surface area contributed by atoms with E-state index in [9.17, 15) is 50.0 Å². The summed E-state index contributed by atoms with van der Waals surface area (Å²) in [5, 5.41) is 74.1. The Morgan fingerprint density at radius 1 is 0.655 bits per heavy atom. The molecule has 55 heavy (non-hydrogen) atoms. The number of rotatable bonds is 32. The van der Waals surface area contributed by atoms with Gasteiger partial charge in [-0.25, -0.2) is 4.57 Å². The Kier molecular flexibility index (Phi) is 29.2. The lowest BCUT2D eigenvalue weighted by Gasteiger charge is -2.41. The van der Waals surface area contributed by atoms with E-state index in [0.29, 0.717) is 12.8 Å². The van der Waals surface area contributed by atoms with Gasteiger partial charge in [-0.05, 0) is 64.2 Å². The van der Waals surface area contributed by atoms with Crippen LogP contribution in [0.25, 0.3) is 0 Å². The molecule has 9 N–H and O–H groups in total. The van der Waals surface area contributed by atoms with Crippen molar-refractivity contribution in [3.8, 4) is 0 Å². The zero-order valence-electron chi connectivity index (χ0n) is 33.3. The number of allylic oxidation sites excluding steroid dienone is 7. The molecule has 0 spiro atoms. The number of aliphatic hydroxyl groups is 7. The number of aliphatic hydroxyl groups excluding tert-OH is 7. The first-order chi connectivity index (χ1) is 26.3. The Balaban J connectivity index is 2.62. The van der Waals surface area contributed by atoms with Crippen LogP contribution in [0.1, 0.15) is 142 Å². The fourth-order valence-electron chi connectivity index (χ4n) is 6.17. The number of hydrogen-bond donors (Lipinski definition) is 9. The molecule has 1 aliphatic rings. The number of phosphoric ester groups is 1. The first kappa shape index (κ1) is 51.3. The Bertz CT molecular complexity index is 1130. The van der Waals surface area contributed by atoms with Crippen molar-refractivity contribution in [2.24, 2.45) is 0 Å². The molecule has 0 aliphatic heterocycles. The Morgan fingerprint density at radius 2 is 1.13 bits per heavy atom. The van der Waals surface area contributed by atoms with Crippen LogP contribution in [0.15, 0.2) is 48.6 Å². The van der Waals surface area contributed by atoms with Crippen LogP contribution >= 0.6 is 7.82 Å². The van der Waals surface area contributed by atoms with Gasteiger partial charge < -0.3 is 46.0 Å². The van der Waals surface area contributed by atoms with Crippen molar-refractivity contribution in [2.75, 3.05) is 6.61 Å². The van der Waals surface area contributed by atoms with Gasteiger partial charge >= 0.3 is 7.82 Å². The molecule has 0 saturated heterocycles. The lowest BCUT2D eigenvalue weighted by molar-refractivity contribution is -0.220. The standard InChI is InChI=1S/C41H74NO12P/c1-3-5-7-9-11-13-15-16-17-18-19-20-22-24-26-28-32(43)30-35(45)42-33(34(44)29-27-25-23-21-14-12-10-8-6-4-2)31-53-55(51,52)54-41-39(49)37(47)36(46)38(48)40(41)50/h11,13-14,16-17,21,27,29,32-34,36-41,43-44,46-50H,3-10,12,15,18-20,22-26,28,30-31H2,1-2H3,(H,42,45)(H,51,52)/b13-11-,17-16-,21-14+,29-27+. The van der Waals surface area contributed by atoms with E-state index in [2.05, 4.69) is 55.6 Å². The van der Waals surface area contributed by atoms with E-state index in [1.807, 2.05) is 0 Å². The second-order valence-corrected chi connectivity index (χ2v) is 16.1. The fraction of sp³-hybridized carbons (Fsp3) is 0.780. The van der Waals surface area contributed by atoms with Crippen molar-refractivity contribution >= 4 is 13.7 Å². The molecule has 1 aliphatic carbocycles. The number of carbonyl (C=O) groups excluding carboxylic acids is 1. The molecule has 13 nitrogen and oxygen atoms in total. The summed E-state index contributed by atoms with van der Waals surface area (Å²) < 4.78 is 22.7. The molecule has 1 fully saturated rings. The molecule has 0 aromatic heterocycles. The zero-order chi connectivity index (χ0) is 40.9. The van der Waals surface area contributed by atoms with Gasteiger partial charge in [0.25, 0.3) is 0 Å². The lowest BCUT2D eigenvalue weighted by Crippen LogP contribution is -2.64. The van der Waals surface area contributed by atoms with Crippen LogP contribution in [0, 0.1) is 0 Å². The molecule has 14 heteroatoms. The molecular weight excluding hydrogens is 729 g/mol. The first-order valence-corrected chi connectivity index (χ1v) is 22.2. The third-order valence-corrected chi connectivity index (χ3v) is 10.6. The minimum absolute atomic E-state index is 0.264. The number of carbonyl (C=O) groups is 1. The van der Waals surface area contributed by atoms with Gasteiger partial charge in [-0.3, -0.25) is 13.8 Å². The Hall–Kier alpha value is -1.74. The monoisotopic (exact) mass is 803 g/mol. The largest absolute Gasteiger partial charge is 0.472 e. The van der Waals surface area contributed by atoms with Crippen LogP contribution in [0.4, 0.5) is 0 Å². The molecule has 320 valence electrons. The van der Waals surface area contributed by atoms with Crippen LogP contribution in [0.3, 0.4) is 0 Å². The summed E-state index contributed by atoms with van der Waals surface area (Å²) in [6, 6.07) is -1.26. The molecule has 0 aromatic rings. The highest BCUT2D eigenvalue weighted by Crippen LogP contribution is 2.47.